The van der Waals surface area contributed by atoms with Crippen molar-refractivity contribution in [2.45, 2.75) is 51.8 Å². The van der Waals surface area contributed by atoms with Crippen molar-refractivity contribution >= 4 is 5.71 Å². The van der Waals surface area contributed by atoms with Crippen molar-refractivity contribution in [2.24, 2.45) is 16.8 Å². The number of rotatable bonds is 8. The molecule has 0 radical (unpaired) electrons. The number of ether oxygens (including phenoxy) is 1. The van der Waals surface area contributed by atoms with E-state index in [1.807, 2.05) is 44.0 Å². The third-order valence-corrected chi connectivity index (χ3v) is 5.55. The first-order valence-electron chi connectivity index (χ1n) is 10.6. The van der Waals surface area contributed by atoms with Crippen LogP contribution >= 0.6 is 0 Å². The minimum atomic E-state index is -2.94. The van der Waals surface area contributed by atoms with Crippen LogP contribution in [0.1, 0.15) is 50.8 Å². The van der Waals surface area contributed by atoms with E-state index in [4.69, 9.17) is 15.6 Å². The average molecular weight is 428 g/mol. The summed E-state index contributed by atoms with van der Waals surface area (Å²) in [6, 6.07) is 14.1. The summed E-state index contributed by atoms with van der Waals surface area (Å²) in [7, 11) is 0. The van der Waals surface area contributed by atoms with Gasteiger partial charge in [0.1, 0.15) is 5.75 Å². The molecule has 2 aromatic rings. The molecule has 1 aliphatic heterocycles. The maximum Gasteiger partial charge on any atom is 0.276 e. The number of nitrogens with two attached hydrogens (primary N) is 1. The number of nitrogens with zero attached hydrogens (tertiary/aromatic N) is 2. The summed E-state index contributed by atoms with van der Waals surface area (Å²) in [5.74, 6) is -2.42. The predicted octanol–water partition coefficient (Wildman–Crippen LogP) is 5.63. The molecule has 0 saturated carbocycles. The molecular formula is C25H31F2N3O. The molecule has 0 aromatic heterocycles. The molecule has 0 fully saturated rings. The smallest absolute Gasteiger partial charge is 0.276 e. The molecular weight excluding hydrogens is 396 g/mol. The van der Waals surface area contributed by atoms with Crippen molar-refractivity contribution in [1.82, 2.24) is 5.01 Å². The number of hydrogen-bond donors (Lipinski definition) is 1. The summed E-state index contributed by atoms with van der Waals surface area (Å²) >= 11 is 0. The van der Waals surface area contributed by atoms with Crippen molar-refractivity contribution in [3.05, 3.63) is 77.9 Å². The van der Waals surface area contributed by atoms with Crippen molar-refractivity contribution in [3.8, 4) is 5.75 Å². The lowest BCUT2D eigenvalue weighted by molar-refractivity contribution is -0.00115. The lowest BCUT2D eigenvalue weighted by Crippen LogP contribution is -2.37. The molecule has 2 unspecified atom stereocenters. The van der Waals surface area contributed by atoms with Gasteiger partial charge in [0.05, 0.1) is 11.6 Å². The van der Waals surface area contributed by atoms with Gasteiger partial charge in [-0.25, -0.2) is 8.78 Å². The summed E-state index contributed by atoms with van der Waals surface area (Å²) in [5.41, 5.74) is 8.73. The summed E-state index contributed by atoms with van der Waals surface area (Å²) in [4.78, 5) is 0. The SMILES string of the molecule is C=CCC(F)(F)c1ccc(OC2C(C)C(c3cccc(C(C)(C)N)c3)=NN2CC)cc1. The molecule has 166 valence electrons. The van der Waals surface area contributed by atoms with Crippen molar-refractivity contribution in [1.29, 1.82) is 0 Å². The molecule has 0 aliphatic carbocycles. The molecule has 0 bridgehead atoms. The molecule has 3 rings (SSSR count). The topological polar surface area (TPSA) is 50.9 Å². The van der Waals surface area contributed by atoms with Crippen LogP contribution in [0.4, 0.5) is 8.78 Å². The Morgan fingerprint density at radius 3 is 2.42 bits per heavy atom. The first kappa shape index (κ1) is 22.9. The van der Waals surface area contributed by atoms with Gasteiger partial charge in [-0.2, -0.15) is 5.10 Å². The second-order valence-corrected chi connectivity index (χ2v) is 8.56. The molecule has 0 spiro atoms. The minimum absolute atomic E-state index is 0.0158. The number of hydrogen-bond acceptors (Lipinski definition) is 4. The first-order valence-corrected chi connectivity index (χ1v) is 10.6. The highest BCUT2D eigenvalue weighted by molar-refractivity contribution is 6.03. The summed E-state index contributed by atoms with van der Waals surface area (Å²) in [6.07, 6.45) is 0.504. The Kier molecular flexibility index (Phi) is 6.51. The van der Waals surface area contributed by atoms with Gasteiger partial charge >= 0.3 is 0 Å². The highest BCUT2D eigenvalue weighted by atomic mass is 19.3. The van der Waals surface area contributed by atoms with Gasteiger partial charge in [0.25, 0.3) is 5.92 Å². The molecule has 1 aliphatic rings. The average Bonchev–Trinajstić information content (AvgIpc) is 3.03. The van der Waals surface area contributed by atoms with Crippen molar-refractivity contribution in [2.75, 3.05) is 6.54 Å². The molecule has 0 amide bonds. The lowest BCUT2D eigenvalue weighted by Gasteiger charge is -2.26. The fourth-order valence-corrected chi connectivity index (χ4v) is 3.71. The number of hydrazone groups is 1. The van der Waals surface area contributed by atoms with E-state index >= 15 is 0 Å². The second-order valence-electron chi connectivity index (χ2n) is 8.56. The molecule has 31 heavy (non-hydrogen) atoms. The largest absolute Gasteiger partial charge is 0.468 e. The van der Waals surface area contributed by atoms with Crippen LogP contribution in [0.2, 0.25) is 0 Å². The van der Waals surface area contributed by atoms with Crippen LogP contribution in [0, 0.1) is 5.92 Å². The first-order chi connectivity index (χ1) is 14.6. The zero-order chi connectivity index (χ0) is 22.8. The number of halogens is 2. The van der Waals surface area contributed by atoms with Crippen molar-refractivity contribution in [3.63, 3.8) is 0 Å². The van der Waals surface area contributed by atoms with Crippen molar-refractivity contribution < 1.29 is 13.5 Å². The third-order valence-electron chi connectivity index (χ3n) is 5.55. The standard InChI is InChI=1S/C25H31F2N3O/c1-6-15-25(26,27)19-11-13-21(14-12-19)31-23-17(3)22(29-30(23)7-2)18-9-8-10-20(16-18)24(4,5)28/h6,8-14,16-17,23H,1,7,15,28H2,2-5H3. The lowest BCUT2D eigenvalue weighted by atomic mass is 9.90. The Bertz CT molecular complexity index is 948. The maximum atomic E-state index is 14.1. The van der Waals surface area contributed by atoms with E-state index in [0.29, 0.717) is 12.3 Å². The number of allylic oxidation sites excluding steroid dienone is 1. The zero-order valence-electron chi connectivity index (χ0n) is 18.6. The van der Waals surface area contributed by atoms with Gasteiger partial charge in [-0.3, -0.25) is 5.01 Å². The quantitative estimate of drug-likeness (QED) is 0.556. The van der Waals surface area contributed by atoms with Gasteiger partial charge in [-0.15, -0.1) is 6.58 Å². The van der Waals surface area contributed by atoms with Crippen LogP contribution in [0.15, 0.2) is 66.3 Å². The van der Waals surface area contributed by atoms with Crippen LogP contribution in [0.5, 0.6) is 5.75 Å². The fourth-order valence-electron chi connectivity index (χ4n) is 3.71. The van der Waals surface area contributed by atoms with Crippen LogP contribution in [-0.4, -0.2) is 23.5 Å². The maximum absolute atomic E-state index is 14.1. The molecule has 2 atom stereocenters. The van der Waals surface area contributed by atoms with Crippen LogP contribution in [0.25, 0.3) is 0 Å². The molecule has 6 heteroatoms. The van der Waals surface area contributed by atoms with E-state index in [9.17, 15) is 8.78 Å². The van der Waals surface area contributed by atoms with Gasteiger partial charge < -0.3 is 10.5 Å². The van der Waals surface area contributed by atoms with Gasteiger partial charge in [0, 0.05) is 24.1 Å². The second kappa shape index (κ2) is 8.79. The van der Waals surface area contributed by atoms with E-state index in [2.05, 4.69) is 19.6 Å². The van der Waals surface area contributed by atoms with E-state index in [1.54, 1.807) is 12.1 Å². The number of benzene rings is 2. The molecule has 0 saturated heterocycles. The Morgan fingerprint density at radius 2 is 1.84 bits per heavy atom. The fraction of sp³-hybridized carbons (Fsp3) is 0.400. The Morgan fingerprint density at radius 1 is 1.16 bits per heavy atom. The Labute approximate surface area is 183 Å². The summed E-state index contributed by atoms with van der Waals surface area (Å²) < 4.78 is 34.3. The number of alkyl halides is 2. The molecule has 2 N–H and O–H groups in total. The Balaban J connectivity index is 1.81. The van der Waals surface area contributed by atoms with E-state index in [-0.39, 0.29) is 17.7 Å². The van der Waals surface area contributed by atoms with Crippen LogP contribution in [0.3, 0.4) is 0 Å². The van der Waals surface area contributed by atoms with Gasteiger partial charge in [-0.1, -0.05) is 31.2 Å². The third kappa shape index (κ3) is 4.96. The van der Waals surface area contributed by atoms with E-state index in [1.165, 1.54) is 18.2 Å². The molecule has 2 aromatic carbocycles. The minimum Gasteiger partial charge on any atom is -0.468 e. The monoisotopic (exact) mass is 427 g/mol. The normalized spacial score (nSPS) is 19.3. The predicted molar refractivity (Wildman–Crippen MR) is 121 cm³/mol. The van der Waals surface area contributed by atoms with E-state index < -0.39 is 17.9 Å². The highest BCUT2D eigenvalue weighted by Crippen LogP contribution is 2.34. The zero-order valence-corrected chi connectivity index (χ0v) is 18.6. The van der Waals surface area contributed by atoms with Gasteiger partial charge in [-0.05, 0) is 62.2 Å². The highest BCUT2D eigenvalue weighted by Gasteiger charge is 2.36. The van der Waals surface area contributed by atoms with Gasteiger partial charge in [0.15, 0.2) is 6.23 Å². The summed E-state index contributed by atoms with van der Waals surface area (Å²) in [5, 5.41) is 6.68. The summed E-state index contributed by atoms with van der Waals surface area (Å²) in [6.45, 7) is 12.1. The van der Waals surface area contributed by atoms with Crippen LogP contribution < -0.4 is 10.5 Å². The molecule has 4 nitrogen and oxygen atoms in total. The molecule has 1 heterocycles. The van der Waals surface area contributed by atoms with Gasteiger partial charge in [0.2, 0.25) is 0 Å². The van der Waals surface area contributed by atoms with E-state index in [0.717, 1.165) is 16.8 Å². The van der Waals surface area contributed by atoms with Crippen LogP contribution in [-0.2, 0) is 11.5 Å². The Hall–Kier alpha value is -2.73.